The quantitative estimate of drug-likeness (QED) is 0.723. The molecule has 1 aromatic heterocycles. The molecule has 28 heavy (non-hydrogen) atoms. The van der Waals surface area contributed by atoms with Crippen LogP contribution in [0.25, 0.3) is 0 Å². The number of anilines is 1. The first kappa shape index (κ1) is 18.0. The maximum atomic E-state index is 12.1. The highest BCUT2D eigenvalue weighted by Gasteiger charge is 2.18. The third kappa shape index (κ3) is 4.14. The van der Waals surface area contributed by atoms with Crippen LogP contribution in [0.2, 0.25) is 0 Å². The molecule has 0 atom stereocenters. The van der Waals surface area contributed by atoms with Crippen LogP contribution in [0.15, 0.2) is 77.7 Å². The number of aromatic nitrogens is 1. The third-order valence-corrected chi connectivity index (χ3v) is 5.08. The normalized spacial score (nSPS) is 12.6. The van der Waals surface area contributed by atoms with Gasteiger partial charge in [-0.2, -0.15) is 0 Å². The van der Waals surface area contributed by atoms with Crippen molar-refractivity contribution >= 4 is 11.6 Å². The van der Waals surface area contributed by atoms with E-state index < -0.39 is 0 Å². The Balaban J connectivity index is 1.31. The molecule has 142 valence electrons. The molecule has 2 aromatic carbocycles. The Morgan fingerprint density at radius 3 is 2.50 bits per heavy atom. The van der Waals surface area contributed by atoms with Gasteiger partial charge in [0.05, 0.1) is 0 Å². The Morgan fingerprint density at radius 1 is 0.929 bits per heavy atom. The summed E-state index contributed by atoms with van der Waals surface area (Å²) < 4.78 is 1.40. The smallest absolute Gasteiger partial charge is 0.250 e. The van der Waals surface area contributed by atoms with Crippen LogP contribution in [-0.2, 0) is 30.8 Å². The first-order valence-corrected chi connectivity index (χ1v) is 9.52. The first-order valence-electron chi connectivity index (χ1n) is 9.52. The number of nitrogens with one attached hydrogen (secondary N) is 1. The molecular weight excluding hydrogens is 350 g/mol. The second-order valence-corrected chi connectivity index (χ2v) is 7.06. The summed E-state index contributed by atoms with van der Waals surface area (Å²) in [4.78, 5) is 26.1. The van der Waals surface area contributed by atoms with Gasteiger partial charge in [-0.25, -0.2) is 0 Å². The molecule has 5 nitrogen and oxygen atoms in total. The highest BCUT2D eigenvalue weighted by molar-refractivity contribution is 5.75. The molecule has 1 aliphatic rings. The summed E-state index contributed by atoms with van der Waals surface area (Å²) in [5, 5.41) is 2.87. The molecule has 0 spiro atoms. The van der Waals surface area contributed by atoms with Crippen LogP contribution >= 0.6 is 0 Å². The highest BCUT2D eigenvalue weighted by Crippen LogP contribution is 2.28. The van der Waals surface area contributed by atoms with E-state index in [9.17, 15) is 9.59 Å². The zero-order valence-corrected chi connectivity index (χ0v) is 15.7. The van der Waals surface area contributed by atoms with Gasteiger partial charge < -0.3 is 14.8 Å². The lowest BCUT2D eigenvalue weighted by Gasteiger charge is -2.19. The Bertz CT molecular complexity index is 1020. The number of amides is 1. The van der Waals surface area contributed by atoms with Gasteiger partial charge in [-0.05, 0) is 35.2 Å². The van der Waals surface area contributed by atoms with E-state index in [4.69, 9.17) is 0 Å². The molecule has 0 saturated heterocycles. The van der Waals surface area contributed by atoms with Gasteiger partial charge in [-0.1, -0.05) is 48.5 Å². The van der Waals surface area contributed by atoms with E-state index in [1.54, 1.807) is 18.3 Å². The largest absolute Gasteiger partial charge is 0.367 e. The van der Waals surface area contributed by atoms with E-state index in [-0.39, 0.29) is 18.0 Å². The van der Waals surface area contributed by atoms with E-state index in [1.807, 2.05) is 12.1 Å². The van der Waals surface area contributed by atoms with Crippen LogP contribution in [0.3, 0.4) is 0 Å². The summed E-state index contributed by atoms with van der Waals surface area (Å²) in [6.45, 7) is 2.43. The predicted octanol–water partition coefficient (Wildman–Crippen LogP) is 2.73. The summed E-state index contributed by atoms with van der Waals surface area (Å²) in [7, 11) is 0. The number of pyridine rings is 1. The molecule has 0 bridgehead atoms. The minimum absolute atomic E-state index is 0.0339. The van der Waals surface area contributed by atoms with Gasteiger partial charge in [0.1, 0.15) is 6.54 Å². The molecule has 1 aliphatic heterocycles. The monoisotopic (exact) mass is 373 g/mol. The summed E-state index contributed by atoms with van der Waals surface area (Å²) in [5.41, 5.74) is 4.86. The summed E-state index contributed by atoms with van der Waals surface area (Å²) in [6.07, 6.45) is 2.72. The molecule has 0 aliphatic carbocycles. The summed E-state index contributed by atoms with van der Waals surface area (Å²) in [6, 6.07) is 21.8. The molecule has 1 N–H and O–H groups in total. The molecule has 1 amide bonds. The second kappa shape index (κ2) is 8.13. The molecule has 0 saturated carbocycles. The van der Waals surface area contributed by atoms with Gasteiger partial charge in [0, 0.05) is 37.6 Å². The Labute approximate surface area is 164 Å². The van der Waals surface area contributed by atoms with Crippen LogP contribution in [0.5, 0.6) is 0 Å². The van der Waals surface area contributed by atoms with Crippen LogP contribution in [0.4, 0.5) is 5.69 Å². The fraction of sp³-hybridized carbons (Fsp3) is 0.217. The Hall–Kier alpha value is -3.34. The SMILES string of the molecule is O=C(Cn1ccccc1=O)NCc1ccc(CN2CCc3ccccc32)cc1. The number of benzene rings is 2. The van der Waals surface area contributed by atoms with Gasteiger partial charge in [-0.3, -0.25) is 9.59 Å². The summed E-state index contributed by atoms with van der Waals surface area (Å²) >= 11 is 0. The van der Waals surface area contributed by atoms with Crippen molar-refractivity contribution < 1.29 is 4.79 Å². The lowest BCUT2D eigenvalue weighted by Crippen LogP contribution is -2.31. The van der Waals surface area contributed by atoms with E-state index in [2.05, 4.69) is 46.6 Å². The van der Waals surface area contributed by atoms with Crippen molar-refractivity contribution in [1.82, 2.24) is 9.88 Å². The third-order valence-electron chi connectivity index (χ3n) is 5.08. The predicted molar refractivity (Wildman–Crippen MR) is 110 cm³/mol. The van der Waals surface area contributed by atoms with Crippen LogP contribution in [-0.4, -0.2) is 17.0 Å². The summed E-state index contributed by atoms with van der Waals surface area (Å²) in [5.74, 6) is -0.175. The van der Waals surface area contributed by atoms with Gasteiger partial charge >= 0.3 is 0 Å². The average molecular weight is 373 g/mol. The second-order valence-electron chi connectivity index (χ2n) is 7.06. The molecular formula is C23H23N3O2. The molecule has 4 rings (SSSR count). The molecule has 5 heteroatoms. The Morgan fingerprint density at radius 2 is 1.68 bits per heavy atom. The fourth-order valence-corrected chi connectivity index (χ4v) is 3.56. The maximum absolute atomic E-state index is 12.1. The minimum Gasteiger partial charge on any atom is -0.367 e. The highest BCUT2D eigenvalue weighted by atomic mass is 16.2. The molecule has 0 unspecified atom stereocenters. The number of para-hydroxylation sites is 1. The number of carbonyl (C=O) groups excluding carboxylic acids is 1. The zero-order valence-electron chi connectivity index (χ0n) is 15.7. The van der Waals surface area contributed by atoms with E-state index >= 15 is 0 Å². The zero-order chi connectivity index (χ0) is 19.3. The van der Waals surface area contributed by atoms with Gasteiger partial charge in [0.25, 0.3) is 5.56 Å². The van der Waals surface area contributed by atoms with Crippen molar-refractivity contribution in [3.05, 3.63) is 100.0 Å². The molecule has 2 heterocycles. The van der Waals surface area contributed by atoms with Crippen LogP contribution in [0.1, 0.15) is 16.7 Å². The molecule has 0 fully saturated rings. The minimum atomic E-state index is -0.175. The van der Waals surface area contributed by atoms with Crippen molar-refractivity contribution in [3.8, 4) is 0 Å². The topological polar surface area (TPSA) is 54.3 Å². The number of hydrogen-bond acceptors (Lipinski definition) is 3. The molecule has 3 aromatic rings. The van der Waals surface area contributed by atoms with Crippen molar-refractivity contribution in [3.63, 3.8) is 0 Å². The van der Waals surface area contributed by atoms with Crippen LogP contribution < -0.4 is 15.8 Å². The van der Waals surface area contributed by atoms with Gasteiger partial charge in [-0.15, -0.1) is 0 Å². The number of carbonyl (C=O) groups is 1. The van der Waals surface area contributed by atoms with E-state index in [0.717, 1.165) is 25.1 Å². The average Bonchev–Trinajstić information content (AvgIpc) is 3.12. The van der Waals surface area contributed by atoms with Crippen molar-refractivity contribution in [2.45, 2.75) is 26.1 Å². The number of hydrogen-bond donors (Lipinski definition) is 1. The van der Waals surface area contributed by atoms with Gasteiger partial charge in [0.15, 0.2) is 0 Å². The van der Waals surface area contributed by atoms with Crippen molar-refractivity contribution in [1.29, 1.82) is 0 Å². The number of fused-ring (bicyclic) bond motifs is 1. The van der Waals surface area contributed by atoms with Crippen molar-refractivity contribution in [2.75, 3.05) is 11.4 Å². The van der Waals surface area contributed by atoms with Crippen molar-refractivity contribution in [2.24, 2.45) is 0 Å². The fourth-order valence-electron chi connectivity index (χ4n) is 3.56. The maximum Gasteiger partial charge on any atom is 0.250 e. The van der Waals surface area contributed by atoms with Gasteiger partial charge in [0.2, 0.25) is 5.91 Å². The first-order chi connectivity index (χ1) is 13.7. The lowest BCUT2D eigenvalue weighted by molar-refractivity contribution is -0.121. The lowest BCUT2D eigenvalue weighted by atomic mass is 10.1. The number of rotatable bonds is 6. The number of nitrogens with zero attached hydrogens (tertiary/aromatic N) is 2. The Kier molecular flexibility index (Phi) is 5.24. The molecule has 0 radical (unpaired) electrons. The van der Waals surface area contributed by atoms with E-state index in [1.165, 1.54) is 27.4 Å². The standard InChI is InChI=1S/C23H23N3O2/c27-22(17-26-13-4-3-7-23(26)28)24-15-18-8-10-19(11-9-18)16-25-14-12-20-5-1-2-6-21(20)25/h1-11,13H,12,14-17H2,(H,24,27). The van der Waals surface area contributed by atoms with E-state index in [0.29, 0.717) is 6.54 Å². The van der Waals surface area contributed by atoms with Crippen LogP contribution in [0, 0.1) is 0 Å².